The van der Waals surface area contributed by atoms with Gasteiger partial charge in [-0.05, 0) is 36.4 Å². The number of rotatable bonds is 3. The largest absolute Gasteiger partial charge is 0.508 e. The number of aliphatic hydroxyl groups is 1. The normalized spacial score (nSPS) is 11.8. The molecule has 0 fully saturated rings. The highest BCUT2D eigenvalue weighted by molar-refractivity contribution is 7.98. The van der Waals surface area contributed by atoms with Crippen LogP contribution in [-0.4, -0.2) is 23.1 Å². The SMILES string of the molecule is CSc1cc(C)c(O)cc1C(C)(C)CO. The van der Waals surface area contributed by atoms with Crippen molar-refractivity contribution in [3.05, 3.63) is 23.3 Å². The van der Waals surface area contributed by atoms with Crippen LogP contribution in [-0.2, 0) is 5.41 Å². The molecule has 0 saturated carbocycles. The van der Waals surface area contributed by atoms with Crippen molar-refractivity contribution < 1.29 is 10.2 Å². The lowest BCUT2D eigenvalue weighted by molar-refractivity contribution is 0.216. The first kappa shape index (κ1) is 12.4. The van der Waals surface area contributed by atoms with E-state index in [0.29, 0.717) is 5.75 Å². The van der Waals surface area contributed by atoms with Crippen molar-refractivity contribution in [2.45, 2.75) is 31.1 Å². The molecule has 1 rings (SSSR count). The summed E-state index contributed by atoms with van der Waals surface area (Å²) in [6.07, 6.45) is 2.00. The van der Waals surface area contributed by atoms with Gasteiger partial charge in [0.25, 0.3) is 0 Å². The second kappa shape index (κ2) is 4.45. The zero-order chi connectivity index (χ0) is 11.6. The average molecular weight is 226 g/mol. The summed E-state index contributed by atoms with van der Waals surface area (Å²) in [7, 11) is 0. The van der Waals surface area contributed by atoms with Crippen molar-refractivity contribution in [1.82, 2.24) is 0 Å². The van der Waals surface area contributed by atoms with Crippen molar-refractivity contribution in [2.75, 3.05) is 12.9 Å². The van der Waals surface area contributed by atoms with Crippen LogP contribution >= 0.6 is 11.8 Å². The number of phenols is 1. The molecule has 0 aromatic heterocycles. The van der Waals surface area contributed by atoms with Crippen molar-refractivity contribution >= 4 is 11.8 Å². The zero-order valence-electron chi connectivity index (χ0n) is 9.66. The number of thioether (sulfide) groups is 1. The number of aryl methyl sites for hydroxylation is 1. The van der Waals surface area contributed by atoms with Crippen LogP contribution in [0.3, 0.4) is 0 Å². The molecule has 0 amide bonds. The second-order valence-electron chi connectivity index (χ2n) is 4.38. The summed E-state index contributed by atoms with van der Waals surface area (Å²) < 4.78 is 0. The fraction of sp³-hybridized carbons (Fsp3) is 0.500. The third kappa shape index (κ3) is 2.47. The molecule has 0 atom stereocenters. The van der Waals surface area contributed by atoms with Crippen LogP contribution in [0.25, 0.3) is 0 Å². The van der Waals surface area contributed by atoms with Crippen LogP contribution in [0.1, 0.15) is 25.0 Å². The summed E-state index contributed by atoms with van der Waals surface area (Å²) >= 11 is 1.64. The Morgan fingerprint density at radius 1 is 1.33 bits per heavy atom. The van der Waals surface area contributed by atoms with Crippen LogP contribution in [0, 0.1) is 6.92 Å². The topological polar surface area (TPSA) is 40.5 Å². The lowest BCUT2D eigenvalue weighted by atomic mass is 9.85. The molecule has 0 unspecified atom stereocenters. The van der Waals surface area contributed by atoms with Crippen molar-refractivity contribution in [2.24, 2.45) is 0 Å². The molecule has 0 aliphatic rings. The molecule has 2 N–H and O–H groups in total. The third-order valence-electron chi connectivity index (χ3n) is 2.64. The molecule has 0 bridgehead atoms. The molecule has 15 heavy (non-hydrogen) atoms. The van der Waals surface area contributed by atoms with Gasteiger partial charge in [0.05, 0.1) is 6.61 Å². The smallest absolute Gasteiger partial charge is 0.118 e. The maximum Gasteiger partial charge on any atom is 0.118 e. The van der Waals surface area contributed by atoms with Crippen LogP contribution < -0.4 is 0 Å². The summed E-state index contributed by atoms with van der Waals surface area (Å²) in [6.45, 7) is 5.89. The van der Waals surface area contributed by atoms with Gasteiger partial charge >= 0.3 is 0 Å². The fourth-order valence-corrected chi connectivity index (χ4v) is 2.30. The summed E-state index contributed by atoms with van der Waals surface area (Å²) in [5.74, 6) is 0.296. The highest BCUT2D eigenvalue weighted by atomic mass is 32.2. The van der Waals surface area contributed by atoms with E-state index in [4.69, 9.17) is 0 Å². The summed E-state index contributed by atoms with van der Waals surface area (Å²) in [6, 6.07) is 3.73. The maximum atomic E-state index is 9.69. The Balaban J connectivity index is 3.34. The van der Waals surface area contributed by atoms with Crippen molar-refractivity contribution in [1.29, 1.82) is 0 Å². The first-order chi connectivity index (χ1) is 6.92. The molecule has 0 radical (unpaired) electrons. The van der Waals surface area contributed by atoms with Gasteiger partial charge in [0.2, 0.25) is 0 Å². The standard InChI is InChI=1S/C12H18O2S/c1-8-5-11(15-4)9(6-10(8)14)12(2,3)7-13/h5-6,13-14H,7H2,1-4H3. The Hall–Kier alpha value is -0.670. The predicted molar refractivity (Wildman–Crippen MR) is 64.7 cm³/mol. The number of aliphatic hydroxyl groups excluding tert-OH is 1. The summed E-state index contributed by atoms with van der Waals surface area (Å²) in [5, 5.41) is 19.0. The Kier molecular flexibility index (Phi) is 3.68. The molecule has 0 aliphatic heterocycles. The molecule has 0 heterocycles. The number of aromatic hydroxyl groups is 1. The average Bonchev–Trinajstić information content (AvgIpc) is 2.21. The van der Waals surface area contributed by atoms with Gasteiger partial charge in [0.1, 0.15) is 5.75 Å². The first-order valence-corrected chi connectivity index (χ1v) is 6.14. The molecule has 1 aromatic carbocycles. The van der Waals surface area contributed by atoms with E-state index in [0.717, 1.165) is 16.0 Å². The van der Waals surface area contributed by atoms with Crippen molar-refractivity contribution in [3.8, 4) is 5.75 Å². The minimum absolute atomic E-state index is 0.0725. The van der Waals surface area contributed by atoms with Gasteiger partial charge in [0, 0.05) is 10.3 Å². The number of benzene rings is 1. The van der Waals surface area contributed by atoms with E-state index < -0.39 is 0 Å². The molecule has 2 nitrogen and oxygen atoms in total. The molecule has 84 valence electrons. The van der Waals surface area contributed by atoms with Crippen molar-refractivity contribution in [3.63, 3.8) is 0 Å². The van der Waals surface area contributed by atoms with E-state index in [2.05, 4.69) is 0 Å². The van der Waals surface area contributed by atoms with Gasteiger partial charge in [-0.15, -0.1) is 11.8 Å². The highest BCUT2D eigenvalue weighted by Crippen LogP contribution is 2.35. The molecule has 0 spiro atoms. The second-order valence-corrected chi connectivity index (χ2v) is 5.23. The van der Waals surface area contributed by atoms with Crippen LogP contribution in [0.4, 0.5) is 0 Å². The minimum atomic E-state index is -0.316. The highest BCUT2D eigenvalue weighted by Gasteiger charge is 2.23. The number of phenolic OH excluding ortho intramolecular Hbond substituents is 1. The number of hydrogen-bond donors (Lipinski definition) is 2. The summed E-state index contributed by atoms with van der Waals surface area (Å²) in [4.78, 5) is 1.12. The molecular formula is C12H18O2S. The van der Waals surface area contributed by atoms with E-state index >= 15 is 0 Å². The fourth-order valence-electron chi connectivity index (χ4n) is 1.45. The Morgan fingerprint density at radius 2 is 1.93 bits per heavy atom. The maximum absolute atomic E-state index is 9.69. The Labute approximate surface area is 95.3 Å². The molecule has 0 aliphatic carbocycles. The van der Waals surface area contributed by atoms with Crippen LogP contribution in [0.5, 0.6) is 5.75 Å². The molecule has 3 heteroatoms. The predicted octanol–water partition coefficient (Wildman–Crippen LogP) is 2.69. The first-order valence-electron chi connectivity index (χ1n) is 4.91. The van der Waals surface area contributed by atoms with Gasteiger partial charge in [-0.25, -0.2) is 0 Å². The lowest BCUT2D eigenvalue weighted by Gasteiger charge is -2.25. The summed E-state index contributed by atoms with van der Waals surface area (Å²) in [5.41, 5.74) is 1.56. The molecule has 0 saturated heterocycles. The van der Waals surface area contributed by atoms with Gasteiger partial charge in [-0.1, -0.05) is 13.8 Å². The van der Waals surface area contributed by atoms with E-state index in [1.54, 1.807) is 17.8 Å². The zero-order valence-corrected chi connectivity index (χ0v) is 10.5. The van der Waals surface area contributed by atoms with Gasteiger partial charge in [0.15, 0.2) is 0 Å². The minimum Gasteiger partial charge on any atom is -0.508 e. The number of hydrogen-bond acceptors (Lipinski definition) is 3. The lowest BCUT2D eigenvalue weighted by Crippen LogP contribution is -2.23. The van der Waals surface area contributed by atoms with E-state index in [9.17, 15) is 10.2 Å². The Bertz CT molecular complexity index is 359. The van der Waals surface area contributed by atoms with E-state index in [1.807, 2.05) is 33.1 Å². The van der Waals surface area contributed by atoms with Gasteiger partial charge in [-0.2, -0.15) is 0 Å². The van der Waals surface area contributed by atoms with E-state index in [1.165, 1.54) is 0 Å². The van der Waals surface area contributed by atoms with Gasteiger partial charge < -0.3 is 10.2 Å². The Morgan fingerprint density at radius 3 is 2.40 bits per heavy atom. The van der Waals surface area contributed by atoms with Crippen LogP contribution in [0.2, 0.25) is 0 Å². The quantitative estimate of drug-likeness (QED) is 0.779. The van der Waals surface area contributed by atoms with Crippen LogP contribution in [0.15, 0.2) is 17.0 Å². The molecular weight excluding hydrogens is 208 g/mol. The monoisotopic (exact) mass is 226 g/mol. The van der Waals surface area contributed by atoms with E-state index in [-0.39, 0.29) is 12.0 Å². The van der Waals surface area contributed by atoms with Gasteiger partial charge in [-0.3, -0.25) is 0 Å². The third-order valence-corrected chi connectivity index (χ3v) is 3.42. The molecule has 1 aromatic rings.